The van der Waals surface area contributed by atoms with Gasteiger partial charge in [-0.15, -0.1) is 24.8 Å². The van der Waals surface area contributed by atoms with Crippen LogP contribution in [0.5, 0.6) is 5.75 Å². The number of nitro groups is 1. The quantitative estimate of drug-likeness (QED) is 0.471. The van der Waals surface area contributed by atoms with Gasteiger partial charge >= 0.3 is 6.36 Å². The lowest BCUT2D eigenvalue weighted by Crippen LogP contribution is -2.17. The van der Waals surface area contributed by atoms with Gasteiger partial charge in [0.05, 0.1) is 4.92 Å². The van der Waals surface area contributed by atoms with Crippen LogP contribution in [0.1, 0.15) is 12.0 Å². The smallest absolute Gasteiger partial charge is 0.406 e. The van der Waals surface area contributed by atoms with Gasteiger partial charge in [-0.05, 0) is 25.0 Å². The number of hydrogen-bond acceptors (Lipinski definition) is 3. The monoisotopic (exact) mass is 283 g/mol. The third kappa shape index (κ3) is 4.40. The molecule has 100 valence electrons. The second kappa shape index (κ2) is 5.90. The van der Waals surface area contributed by atoms with Crippen molar-refractivity contribution >= 4 is 17.3 Å². The van der Waals surface area contributed by atoms with Crippen molar-refractivity contribution in [3.8, 4) is 5.75 Å². The van der Waals surface area contributed by atoms with Crippen LogP contribution >= 0.6 is 11.6 Å². The Morgan fingerprint density at radius 2 is 2.06 bits per heavy atom. The molecule has 4 nitrogen and oxygen atoms in total. The van der Waals surface area contributed by atoms with Crippen LogP contribution < -0.4 is 4.74 Å². The van der Waals surface area contributed by atoms with E-state index in [-0.39, 0.29) is 23.6 Å². The summed E-state index contributed by atoms with van der Waals surface area (Å²) in [4.78, 5) is 10.0. The molecule has 1 rings (SSSR count). The first-order chi connectivity index (χ1) is 8.33. The van der Waals surface area contributed by atoms with Crippen LogP contribution in [0.2, 0.25) is 0 Å². The maximum atomic E-state index is 12.0. The Morgan fingerprint density at radius 3 is 2.56 bits per heavy atom. The zero-order chi connectivity index (χ0) is 13.8. The first-order valence-corrected chi connectivity index (χ1v) is 5.46. The number of nitrogens with zero attached hydrogens (tertiary/aromatic N) is 1. The molecule has 0 aliphatic heterocycles. The fourth-order valence-corrected chi connectivity index (χ4v) is 1.53. The molecule has 0 spiro atoms. The molecule has 18 heavy (non-hydrogen) atoms. The number of nitro benzene ring substituents is 1. The Hall–Kier alpha value is -1.50. The Labute approximate surface area is 105 Å². The van der Waals surface area contributed by atoms with Crippen LogP contribution in [0.3, 0.4) is 0 Å². The predicted molar refractivity (Wildman–Crippen MR) is 58.8 cm³/mol. The van der Waals surface area contributed by atoms with E-state index in [1.807, 2.05) is 0 Å². The average molecular weight is 284 g/mol. The summed E-state index contributed by atoms with van der Waals surface area (Å²) in [5.41, 5.74) is -0.0722. The van der Waals surface area contributed by atoms with E-state index >= 15 is 0 Å². The van der Waals surface area contributed by atoms with Crippen molar-refractivity contribution in [1.29, 1.82) is 0 Å². The van der Waals surface area contributed by atoms with Crippen molar-refractivity contribution in [2.45, 2.75) is 19.2 Å². The van der Waals surface area contributed by atoms with E-state index in [0.717, 1.165) is 18.2 Å². The number of halogens is 4. The zero-order valence-electron chi connectivity index (χ0n) is 9.04. The second-order valence-corrected chi connectivity index (χ2v) is 3.77. The predicted octanol–water partition coefficient (Wildman–Crippen LogP) is 3.66. The van der Waals surface area contributed by atoms with E-state index in [1.165, 1.54) is 0 Å². The van der Waals surface area contributed by atoms with Gasteiger partial charge in [0.2, 0.25) is 0 Å². The summed E-state index contributed by atoms with van der Waals surface area (Å²) < 4.78 is 39.7. The molecule has 0 bridgehead atoms. The van der Waals surface area contributed by atoms with Crippen molar-refractivity contribution < 1.29 is 22.8 Å². The lowest BCUT2D eigenvalue weighted by molar-refractivity contribution is -0.385. The Bertz CT molecular complexity index is 437. The van der Waals surface area contributed by atoms with E-state index in [1.54, 1.807) is 0 Å². The molecule has 0 saturated heterocycles. The summed E-state index contributed by atoms with van der Waals surface area (Å²) in [7, 11) is 0. The van der Waals surface area contributed by atoms with E-state index in [2.05, 4.69) is 4.74 Å². The molecule has 0 heterocycles. The van der Waals surface area contributed by atoms with E-state index in [9.17, 15) is 23.3 Å². The molecule has 0 N–H and O–H groups in total. The van der Waals surface area contributed by atoms with Crippen LogP contribution in [0.4, 0.5) is 18.9 Å². The maximum Gasteiger partial charge on any atom is 0.573 e. The minimum absolute atomic E-state index is 0.169. The molecule has 0 aliphatic carbocycles. The highest BCUT2D eigenvalue weighted by atomic mass is 35.5. The summed E-state index contributed by atoms with van der Waals surface area (Å²) >= 11 is 5.45. The minimum Gasteiger partial charge on any atom is -0.406 e. The summed E-state index contributed by atoms with van der Waals surface area (Å²) in [5, 5.41) is 10.7. The van der Waals surface area contributed by atoms with Crippen LogP contribution in [0.15, 0.2) is 18.2 Å². The van der Waals surface area contributed by atoms with Gasteiger partial charge < -0.3 is 4.74 Å². The molecule has 0 saturated carbocycles. The summed E-state index contributed by atoms with van der Waals surface area (Å²) in [6.45, 7) is 0. The van der Waals surface area contributed by atoms with Crippen LogP contribution in [0, 0.1) is 10.1 Å². The average Bonchev–Trinajstić information content (AvgIpc) is 2.23. The third-order valence-corrected chi connectivity index (χ3v) is 2.33. The van der Waals surface area contributed by atoms with Gasteiger partial charge in [-0.2, -0.15) is 0 Å². The molecular formula is C10H9ClF3NO3. The second-order valence-electron chi connectivity index (χ2n) is 3.39. The zero-order valence-corrected chi connectivity index (χ0v) is 9.79. The lowest BCUT2D eigenvalue weighted by atomic mass is 10.1. The molecule has 0 amide bonds. The first-order valence-electron chi connectivity index (χ1n) is 4.92. The topological polar surface area (TPSA) is 52.4 Å². The lowest BCUT2D eigenvalue weighted by Gasteiger charge is -2.10. The molecular weight excluding hydrogens is 275 g/mol. The van der Waals surface area contributed by atoms with E-state index < -0.39 is 17.0 Å². The van der Waals surface area contributed by atoms with Gasteiger partial charge in [0, 0.05) is 17.5 Å². The molecule has 0 unspecified atom stereocenters. The minimum atomic E-state index is -4.82. The number of benzene rings is 1. The van der Waals surface area contributed by atoms with Crippen molar-refractivity contribution in [3.05, 3.63) is 33.9 Å². The van der Waals surface area contributed by atoms with E-state index in [4.69, 9.17) is 11.6 Å². The maximum absolute atomic E-state index is 12.0. The van der Waals surface area contributed by atoms with E-state index in [0.29, 0.717) is 6.42 Å². The highest BCUT2D eigenvalue weighted by molar-refractivity contribution is 6.17. The van der Waals surface area contributed by atoms with Gasteiger partial charge in [0.15, 0.2) is 0 Å². The van der Waals surface area contributed by atoms with Crippen LogP contribution in [-0.2, 0) is 6.42 Å². The fraction of sp³-hybridized carbons (Fsp3) is 0.400. The molecule has 1 aromatic carbocycles. The summed E-state index contributed by atoms with van der Waals surface area (Å²) in [5.74, 6) is -0.209. The molecule has 0 aliphatic rings. The number of alkyl halides is 4. The fourth-order valence-electron chi connectivity index (χ4n) is 1.39. The van der Waals surface area contributed by atoms with Gasteiger partial charge in [0.1, 0.15) is 5.75 Å². The summed E-state index contributed by atoms with van der Waals surface area (Å²) in [6.07, 6.45) is -4.17. The third-order valence-electron chi connectivity index (χ3n) is 2.06. The molecule has 1 aromatic rings. The van der Waals surface area contributed by atoms with Gasteiger partial charge in [-0.3, -0.25) is 10.1 Å². The first kappa shape index (κ1) is 14.6. The molecule has 8 heteroatoms. The van der Waals surface area contributed by atoms with Crippen molar-refractivity contribution in [1.82, 2.24) is 0 Å². The molecule has 0 aromatic heterocycles. The summed E-state index contributed by atoms with van der Waals surface area (Å²) in [6, 6.07) is 2.92. The van der Waals surface area contributed by atoms with Gasteiger partial charge in [0.25, 0.3) is 5.69 Å². The molecule has 0 fully saturated rings. The standard InChI is InChI=1S/C10H9ClF3NO3/c11-5-1-2-7-6-8(18-10(12,13)14)3-4-9(7)15(16)17/h3-4,6H,1-2,5H2. The largest absolute Gasteiger partial charge is 0.573 e. The van der Waals surface area contributed by atoms with Crippen molar-refractivity contribution in [3.63, 3.8) is 0 Å². The number of ether oxygens (including phenoxy) is 1. The molecule has 0 radical (unpaired) electrons. The normalized spacial score (nSPS) is 11.3. The highest BCUT2D eigenvalue weighted by Gasteiger charge is 2.31. The van der Waals surface area contributed by atoms with Crippen LogP contribution in [-0.4, -0.2) is 17.2 Å². The van der Waals surface area contributed by atoms with Crippen LogP contribution in [0.25, 0.3) is 0 Å². The Kier molecular flexibility index (Phi) is 4.77. The van der Waals surface area contributed by atoms with Crippen molar-refractivity contribution in [2.75, 3.05) is 5.88 Å². The van der Waals surface area contributed by atoms with Gasteiger partial charge in [-0.1, -0.05) is 0 Å². The van der Waals surface area contributed by atoms with Gasteiger partial charge in [-0.25, -0.2) is 0 Å². The number of aryl methyl sites for hydroxylation is 1. The van der Waals surface area contributed by atoms with Crippen molar-refractivity contribution in [2.24, 2.45) is 0 Å². The SMILES string of the molecule is O=[N+]([O-])c1ccc(OC(F)(F)F)cc1CCCCl. The Morgan fingerprint density at radius 1 is 1.39 bits per heavy atom. The number of rotatable bonds is 5. The Balaban J connectivity index is 3.01. The highest BCUT2D eigenvalue weighted by Crippen LogP contribution is 2.29. The number of hydrogen-bond donors (Lipinski definition) is 0. The molecule has 0 atom stereocenters.